The van der Waals surface area contributed by atoms with E-state index < -0.39 is 23.4 Å². The van der Waals surface area contributed by atoms with Crippen molar-refractivity contribution in [3.63, 3.8) is 0 Å². The van der Waals surface area contributed by atoms with Crippen molar-refractivity contribution in [1.82, 2.24) is 15.5 Å². The Kier molecular flexibility index (Phi) is 4.39. The molecule has 2 fully saturated rings. The minimum absolute atomic E-state index is 0.166. The Morgan fingerprint density at radius 1 is 1.20 bits per heavy atom. The first-order chi connectivity index (χ1) is 9.54. The molecular weight excluding hydrogens is 262 g/mol. The Morgan fingerprint density at radius 3 is 2.20 bits per heavy atom. The van der Waals surface area contributed by atoms with Gasteiger partial charge in [0.25, 0.3) is 11.8 Å². The number of carbonyl (C=O) groups is 3. The molecule has 7 nitrogen and oxygen atoms in total. The normalized spacial score (nSPS) is 24.4. The summed E-state index contributed by atoms with van der Waals surface area (Å²) in [6.45, 7) is 3.18. The van der Waals surface area contributed by atoms with Crippen molar-refractivity contribution in [2.45, 2.75) is 38.1 Å². The average molecular weight is 283 g/mol. The first-order valence-corrected chi connectivity index (χ1v) is 7.07. The number of hydrogen-bond acceptors (Lipinski definition) is 5. The third kappa shape index (κ3) is 2.43. The molecule has 7 heteroatoms. The predicted octanol–water partition coefficient (Wildman–Crippen LogP) is -0.404. The number of amides is 4. The van der Waals surface area contributed by atoms with E-state index in [1.807, 2.05) is 4.90 Å². The summed E-state index contributed by atoms with van der Waals surface area (Å²) in [5, 5.41) is 13.4. The number of hydrogen-bond donors (Lipinski definition) is 3. The highest BCUT2D eigenvalue weighted by Gasteiger charge is 2.53. The molecule has 0 unspecified atom stereocenters. The summed E-state index contributed by atoms with van der Waals surface area (Å²) in [6, 6.07) is -0.751. The molecule has 0 radical (unpaired) electrons. The lowest BCUT2D eigenvalue weighted by Gasteiger charge is -2.45. The zero-order valence-corrected chi connectivity index (χ0v) is 11.6. The third-order valence-corrected chi connectivity index (χ3v) is 4.41. The molecule has 0 saturated carbocycles. The van der Waals surface area contributed by atoms with Crippen molar-refractivity contribution in [2.75, 3.05) is 19.7 Å². The number of likely N-dealkylation sites (tertiary alicyclic amines) is 1. The molecule has 0 aromatic rings. The second-order valence-electron chi connectivity index (χ2n) is 5.39. The molecular formula is C13H21N3O4. The van der Waals surface area contributed by atoms with Gasteiger partial charge in [-0.3, -0.25) is 25.1 Å². The van der Waals surface area contributed by atoms with Crippen LogP contribution in [-0.4, -0.2) is 53.1 Å². The van der Waals surface area contributed by atoms with Gasteiger partial charge in [-0.2, -0.15) is 0 Å². The van der Waals surface area contributed by atoms with E-state index in [1.54, 1.807) is 6.92 Å². The van der Waals surface area contributed by atoms with Crippen LogP contribution in [0.5, 0.6) is 0 Å². The molecule has 2 saturated heterocycles. The van der Waals surface area contributed by atoms with Crippen LogP contribution in [0.25, 0.3) is 0 Å². The maximum Gasteiger partial charge on any atom is 0.328 e. The molecule has 0 bridgehead atoms. The number of urea groups is 1. The largest absolute Gasteiger partial charge is 0.396 e. The third-order valence-electron chi connectivity index (χ3n) is 4.41. The fourth-order valence-electron chi connectivity index (χ4n) is 3.17. The van der Waals surface area contributed by atoms with Crippen LogP contribution in [0.4, 0.5) is 4.79 Å². The standard InChI is InChI=1S/C13H21N3O4/c1-2-13(10(18)14-12(20)15-11(13)19)16-6-3-9(4-7-16)5-8-17/h9,17H,2-8H2,1H3,(H2,14,15,18,19,20). The number of aliphatic hydroxyl groups is 1. The van der Waals surface area contributed by atoms with E-state index in [9.17, 15) is 14.4 Å². The van der Waals surface area contributed by atoms with Gasteiger partial charge in [-0.15, -0.1) is 0 Å². The molecule has 2 aliphatic rings. The van der Waals surface area contributed by atoms with Crippen molar-refractivity contribution < 1.29 is 19.5 Å². The average Bonchev–Trinajstić information content (AvgIpc) is 2.41. The summed E-state index contributed by atoms with van der Waals surface area (Å²) >= 11 is 0. The first kappa shape index (κ1) is 14.9. The second kappa shape index (κ2) is 5.88. The van der Waals surface area contributed by atoms with Crippen LogP contribution < -0.4 is 10.6 Å². The van der Waals surface area contributed by atoms with Gasteiger partial charge in [0.2, 0.25) is 0 Å². The van der Waals surface area contributed by atoms with Gasteiger partial charge >= 0.3 is 6.03 Å². The number of rotatable bonds is 4. The fourth-order valence-corrected chi connectivity index (χ4v) is 3.17. The molecule has 112 valence electrons. The Labute approximate surface area is 117 Å². The maximum atomic E-state index is 12.2. The molecule has 2 rings (SSSR count). The second-order valence-corrected chi connectivity index (χ2v) is 5.39. The van der Waals surface area contributed by atoms with Crippen molar-refractivity contribution in [1.29, 1.82) is 0 Å². The van der Waals surface area contributed by atoms with Crippen molar-refractivity contribution in [3.8, 4) is 0 Å². The van der Waals surface area contributed by atoms with Crippen molar-refractivity contribution >= 4 is 17.8 Å². The first-order valence-electron chi connectivity index (χ1n) is 7.07. The summed E-state index contributed by atoms with van der Waals surface area (Å²) in [5.41, 5.74) is -1.28. The minimum Gasteiger partial charge on any atom is -0.396 e. The maximum absolute atomic E-state index is 12.2. The summed E-state index contributed by atoms with van der Waals surface area (Å²) in [7, 11) is 0. The van der Waals surface area contributed by atoms with E-state index in [4.69, 9.17) is 5.11 Å². The molecule has 0 aromatic carbocycles. The van der Waals surface area contributed by atoms with Gasteiger partial charge in [0, 0.05) is 6.61 Å². The fraction of sp³-hybridized carbons (Fsp3) is 0.769. The van der Waals surface area contributed by atoms with E-state index >= 15 is 0 Å². The number of nitrogens with zero attached hydrogens (tertiary/aromatic N) is 1. The summed E-state index contributed by atoms with van der Waals surface area (Å²) in [4.78, 5) is 37.5. The highest BCUT2D eigenvalue weighted by molar-refractivity contribution is 6.22. The van der Waals surface area contributed by atoms with E-state index in [0.29, 0.717) is 25.4 Å². The summed E-state index contributed by atoms with van der Waals surface area (Å²) < 4.78 is 0. The van der Waals surface area contributed by atoms with E-state index in [-0.39, 0.29) is 6.61 Å². The van der Waals surface area contributed by atoms with Crippen LogP contribution >= 0.6 is 0 Å². The van der Waals surface area contributed by atoms with Crippen LogP contribution in [0, 0.1) is 5.92 Å². The summed E-state index contributed by atoms with van der Waals surface area (Å²) in [6.07, 6.45) is 2.76. The lowest BCUT2D eigenvalue weighted by Crippen LogP contribution is -2.73. The van der Waals surface area contributed by atoms with E-state index in [2.05, 4.69) is 10.6 Å². The number of carbonyl (C=O) groups excluding carboxylic acids is 3. The van der Waals surface area contributed by atoms with Crippen LogP contribution in [-0.2, 0) is 9.59 Å². The van der Waals surface area contributed by atoms with Gasteiger partial charge in [-0.1, -0.05) is 6.92 Å². The minimum atomic E-state index is -1.28. The summed E-state index contributed by atoms with van der Waals surface area (Å²) in [5.74, 6) is -0.634. The number of imide groups is 2. The van der Waals surface area contributed by atoms with Gasteiger partial charge in [-0.25, -0.2) is 4.79 Å². The Morgan fingerprint density at radius 2 is 1.75 bits per heavy atom. The van der Waals surface area contributed by atoms with Crippen molar-refractivity contribution in [2.24, 2.45) is 5.92 Å². The van der Waals surface area contributed by atoms with Crippen LogP contribution in [0.1, 0.15) is 32.6 Å². The molecule has 3 N–H and O–H groups in total. The Bertz CT molecular complexity index is 396. The smallest absolute Gasteiger partial charge is 0.328 e. The molecule has 2 aliphatic heterocycles. The lowest BCUT2D eigenvalue weighted by molar-refractivity contribution is -0.149. The molecule has 2 heterocycles. The number of nitrogens with one attached hydrogen (secondary N) is 2. The SMILES string of the molecule is CCC1(N2CCC(CCO)CC2)C(=O)NC(=O)NC1=O. The van der Waals surface area contributed by atoms with Gasteiger partial charge < -0.3 is 5.11 Å². The number of aliphatic hydroxyl groups excluding tert-OH is 1. The highest BCUT2D eigenvalue weighted by Crippen LogP contribution is 2.29. The van der Waals surface area contributed by atoms with Gasteiger partial charge in [0.05, 0.1) is 0 Å². The van der Waals surface area contributed by atoms with E-state index in [1.165, 1.54) is 0 Å². The van der Waals surface area contributed by atoms with Gasteiger partial charge in [0.15, 0.2) is 5.54 Å². The quantitative estimate of drug-likeness (QED) is 0.610. The van der Waals surface area contributed by atoms with Crippen molar-refractivity contribution in [3.05, 3.63) is 0 Å². The molecule has 0 aliphatic carbocycles. The zero-order chi connectivity index (χ0) is 14.8. The molecule has 0 spiro atoms. The zero-order valence-electron chi connectivity index (χ0n) is 11.6. The topological polar surface area (TPSA) is 98.7 Å². The Balaban J connectivity index is 2.14. The molecule has 0 aromatic heterocycles. The Hall–Kier alpha value is -1.47. The number of barbiturate groups is 1. The number of piperidine rings is 1. The van der Waals surface area contributed by atoms with Crippen LogP contribution in [0.15, 0.2) is 0 Å². The molecule has 0 atom stereocenters. The predicted molar refractivity (Wildman–Crippen MR) is 70.7 cm³/mol. The monoisotopic (exact) mass is 283 g/mol. The molecule has 4 amide bonds. The van der Waals surface area contributed by atoms with Crippen LogP contribution in [0.3, 0.4) is 0 Å². The highest BCUT2D eigenvalue weighted by atomic mass is 16.3. The van der Waals surface area contributed by atoms with E-state index in [0.717, 1.165) is 19.3 Å². The van der Waals surface area contributed by atoms with Gasteiger partial charge in [-0.05, 0) is 44.7 Å². The van der Waals surface area contributed by atoms with Crippen LogP contribution in [0.2, 0.25) is 0 Å². The van der Waals surface area contributed by atoms with Gasteiger partial charge in [0.1, 0.15) is 0 Å². The molecule has 20 heavy (non-hydrogen) atoms. The lowest BCUT2D eigenvalue weighted by atomic mass is 9.85.